The second-order valence-corrected chi connectivity index (χ2v) is 8.70. The van der Waals surface area contributed by atoms with Crippen molar-refractivity contribution in [2.45, 2.75) is 20.3 Å². The fourth-order valence-corrected chi connectivity index (χ4v) is 4.49. The summed E-state index contributed by atoms with van der Waals surface area (Å²) < 4.78 is 11.5. The van der Waals surface area contributed by atoms with Crippen LogP contribution in [-0.2, 0) is 16.0 Å². The van der Waals surface area contributed by atoms with Gasteiger partial charge in [-0.2, -0.15) is 0 Å². The van der Waals surface area contributed by atoms with Crippen molar-refractivity contribution in [1.82, 2.24) is 4.90 Å². The molecule has 1 saturated heterocycles. The number of benzene rings is 2. The predicted molar refractivity (Wildman–Crippen MR) is 130 cm³/mol. The van der Waals surface area contributed by atoms with Gasteiger partial charge in [0.25, 0.3) is 5.91 Å². The Morgan fingerprint density at radius 3 is 2.56 bits per heavy atom. The van der Waals surface area contributed by atoms with Crippen LogP contribution in [0.15, 0.2) is 50.8 Å². The number of nitrogens with zero attached hydrogens (tertiary/aromatic N) is 2. The molecule has 1 aliphatic heterocycles. The molecule has 0 spiro atoms. The van der Waals surface area contributed by atoms with Gasteiger partial charge in [-0.05, 0) is 82.5 Å². The topological polar surface area (TPSA) is 88.4 Å². The van der Waals surface area contributed by atoms with Gasteiger partial charge in [-0.1, -0.05) is 19.1 Å². The largest absolute Gasteiger partial charge is 0.490 e. The maximum Gasteiger partial charge on any atom is 0.341 e. The van der Waals surface area contributed by atoms with E-state index in [0.717, 1.165) is 12.1 Å². The molecule has 0 saturated carbocycles. The Labute approximate surface area is 199 Å². The molecule has 0 aliphatic carbocycles. The monoisotopic (exact) mass is 518 g/mol. The lowest BCUT2D eigenvalue weighted by Gasteiger charge is -2.13. The number of aliphatic imine (C=N–C) groups is 1. The Morgan fingerprint density at radius 2 is 1.94 bits per heavy atom. The number of carboxylic acids is 1. The van der Waals surface area contributed by atoms with Crippen molar-refractivity contribution in [2.75, 3.05) is 20.3 Å². The summed E-state index contributed by atoms with van der Waals surface area (Å²) in [5.74, 6) is -0.544. The van der Waals surface area contributed by atoms with Gasteiger partial charge in [0.05, 0.1) is 21.7 Å². The molecular formula is C23H23BrN2O5S. The van der Waals surface area contributed by atoms with Crippen LogP contribution in [0.3, 0.4) is 0 Å². The minimum atomic E-state index is -1.09. The number of rotatable bonds is 8. The summed E-state index contributed by atoms with van der Waals surface area (Å²) in [6, 6.07) is 11.4. The second kappa shape index (κ2) is 10.7. The average molecular weight is 519 g/mol. The lowest BCUT2D eigenvalue weighted by Crippen LogP contribution is -2.23. The first kappa shape index (κ1) is 23.9. The first-order valence-corrected chi connectivity index (χ1v) is 11.6. The smallest absolute Gasteiger partial charge is 0.341 e. The van der Waals surface area contributed by atoms with Gasteiger partial charge in [-0.15, -0.1) is 0 Å². The third kappa shape index (κ3) is 5.72. The summed E-state index contributed by atoms with van der Waals surface area (Å²) in [4.78, 5) is 30.3. The fourth-order valence-electron chi connectivity index (χ4n) is 2.93. The zero-order valence-corrected chi connectivity index (χ0v) is 20.3. The molecule has 1 fully saturated rings. The summed E-state index contributed by atoms with van der Waals surface area (Å²) in [5.41, 5.74) is 2.72. The third-order valence-corrected chi connectivity index (χ3v) is 6.19. The van der Waals surface area contributed by atoms with E-state index in [1.165, 1.54) is 22.2 Å². The maximum absolute atomic E-state index is 12.8. The summed E-state index contributed by atoms with van der Waals surface area (Å²) in [6.45, 7) is 3.80. The zero-order chi connectivity index (χ0) is 23.3. The number of carbonyl (C=O) groups is 2. The Bertz CT molecular complexity index is 1080. The molecule has 1 heterocycles. The van der Waals surface area contributed by atoms with Crippen LogP contribution in [-0.4, -0.2) is 47.3 Å². The highest BCUT2D eigenvalue weighted by Gasteiger charge is 2.30. The van der Waals surface area contributed by atoms with Gasteiger partial charge in [0, 0.05) is 7.05 Å². The van der Waals surface area contributed by atoms with Crippen molar-refractivity contribution in [3.05, 3.63) is 56.9 Å². The first-order valence-electron chi connectivity index (χ1n) is 9.98. The standard InChI is InChI=1S/C23H23BrN2O5S/c1-4-14-6-8-16(9-7-14)25-23-26(3)22(29)19(32-23)12-15-10-17(24)21(31-13-20(27)28)18(11-15)30-5-2/h6-12H,4-5,13H2,1-3H3,(H,27,28). The molecule has 32 heavy (non-hydrogen) atoms. The molecule has 168 valence electrons. The van der Waals surface area contributed by atoms with Crippen LogP contribution in [0.1, 0.15) is 25.0 Å². The minimum absolute atomic E-state index is 0.154. The number of carbonyl (C=O) groups excluding carboxylic acids is 1. The molecular weight excluding hydrogens is 496 g/mol. The third-order valence-electron chi connectivity index (χ3n) is 4.54. The summed E-state index contributed by atoms with van der Waals surface area (Å²) in [6.07, 6.45) is 2.71. The number of thioether (sulfide) groups is 1. The van der Waals surface area contributed by atoms with Gasteiger partial charge in [0.15, 0.2) is 23.3 Å². The summed E-state index contributed by atoms with van der Waals surface area (Å²) in [7, 11) is 1.69. The van der Waals surface area contributed by atoms with E-state index in [2.05, 4.69) is 27.8 Å². The second-order valence-electron chi connectivity index (χ2n) is 6.83. The number of likely N-dealkylation sites (N-methyl/N-ethyl adjacent to an activating group) is 1. The molecule has 0 unspecified atom stereocenters. The summed E-state index contributed by atoms with van der Waals surface area (Å²) in [5, 5.41) is 9.49. The van der Waals surface area contributed by atoms with E-state index in [-0.39, 0.29) is 5.91 Å². The van der Waals surface area contributed by atoms with Crippen LogP contribution >= 0.6 is 27.7 Å². The predicted octanol–water partition coefficient (Wildman–Crippen LogP) is 5.11. The molecule has 1 aliphatic rings. The Morgan fingerprint density at radius 1 is 1.22 bits per heavy atom. The van der Waals surface area contributed by atoms with Gasteiger partial charge in [0.2, 0.25) is 0 Å². The molecule has 9 heteroatoms. The van der Waals surface area contributed by atoms with Crippen LogP contribution in [0.5, 0.6) is 11.5 Å². The molecule has 2 aromatic carbocycles. The fraction of sp³-hybridized carbons (Fsp3) is 0.261. The van der Waals surface area contributed by atoms with Crippen molar-refractivity contribution in [3.63, 3.8) is 0 Å². The first-order chi connectivity index (χ1) is 15.3. The lowest BCUT2D eigenvalue weighted by molar-refractivity contribution is -0.139. The number of carboxylic acid groups (broad SMARTS) is 1. The van der Waals surface area contributed by atoms with Gasteiger partial charge >= 0.3 is 5.97 Å². The minimum Gasteiger partial charge on any atom is -0.490 e. The van der Waals surface area contributed by atoms with E-state index in [1.54, 1.807) is 25.3 Å². The number of hydrogen-bond donors (Lipinski definition) is 1. The van der Waals surface area contributed by atoms with Crippen LogP contribution in [0.2, 0.25) is 0 Å². The van der Waals surface area contributed by atoms with Crippen molar-refractivity contribution < 1.29 is 24.2 Å². The molecule has 7 nitrogen and oxygen atoms in total. The van der Waals surface area contributed by atoms with Crippen LogP contribution in [0, 0.1) is 0 Å². The van der Waals surface area contributed by atoms with Crippen LogP contribution < -0.4 is 9.47 Å². The average Bonchev–Trinajstić information content (AvgIpc) is 3.01. The van der Waals surface area contributed by atoms with Crippen LogP contribution in [0.4, 0.5) is 5.69 Å². The summed E-state index contributed by atoms with van der Waals surface area (Å²) >= 11 is 4.70. The van der Waals surface area contributed by atoms with Gasteiger partial charge in [-0.3, -0.25) is 9.69 Å². The number of hydrogen-bond acceptors (Lipinski definition) is 6. The molecule has 0 radical (unpaired) electrons. The normalized spacial score (nSPS) is 16.1. The molecule has 0 bridgehead atoms. The number of amidine groups is 1. The van der Waals surface area contributed by atoms with E-state index in [0.29, 0.717) is 38.2 Å². The molecule has 0 aromatic heterocycles. The van der Waals surface area contributed by atoms with Gasteiger partial charge in [0.1, 0.15) is 0 Å². The van der Waals surface area contributed by atoms with E-state index in [9.17, 15) is 9.59 Å². The molecule has 1 N–H and O–H groups in total. The van der Waals surface area contributed by atoms with Crippen molar-refractivity contribution in [2.24, 2.45) is 4.99 Å². The van der Waals surface area contributed by atoms with E-state index in [4.69, 9.17) is 14.6 Å². The van der Waals surface area contributed by atoms with E-state index >= 15 is 0 Å². The van der Waals surface area contributed by atoms with Gasteiger partial charge in [-0.25, -0.2) is 9.79 Å². The molecule has 1 amide bonds. The number of amides is 1. The lowest BCUT2D eigenvalue weighted by atomic mass is 10.1. The number of aryl methyl sites for hydroxylation is 1. The Hall–Kier alpha value is -2.78. The van der Waals surface area contributed by atoms with E-state index < -0.39 is 12.6 Å². The van der Waals surface area contributed by atoms with Crippen molar-refractivity contribution in [1.29, 1.82) is 0 Å². The zero-order valence-electron chi connectivity index (χ0n) is 17.9. The molecule has 0 atom stereocenters. The molecule has 3 rings (SSSR count). The van der Waals surface area contributed by atoms with Crippen LogP contribution in [0.25, 0.3) is 6.08 Å². The van der Waals surface area contributed by atoms with Crippen molar-refractivity contribution in [3.8, 4) is 11.5 Å². The molecule has 2 aromatic rings. The van der Waals surface area contributed by atoms with Gasteiger partial charge < -0.3 is 14.6 Å². The van der Waals surface area contributed by atoms with E-state index in [1.807, 2.05) is 31.2 Å². The number of ether oxygens (including phenoxy) is 2. The Kier molecular flexibility index (Phi) is 7.98. The van der Waals surface area contributed by atoms with Crippen molar-refractivity contribution >= 4 is 56.5 Å². The highest BCUT2D eigenvalue weighted by molar-refractivity contribution is 9.10. The highest BCUT2D eigenvalue weighted by atomic mass is 79.9. The maximum atomic E-state index is 12.8. The Balaban J connectivity index is 1.89. The SMILES string of the molecule is CCOc1cc(C=C2SC(=Nc3ccc(CC)cc3)N(C)C2=O)cc(Br)c1OCC(=O)O. The highest BCUT2D eigenvalue weighted by Crippen LogP contribution is 2.39. The number of halogens is 1. The number of aliphatic carboxylic acids is 1. The quantitative estimate of drug-likeness (QED) is 0.488.